The zero-order chi connectivity index (χ0) is 22.4. The van der Waals surface area contributed by atoms with Crippen LogP contribution in [0, 0.1) is 6.92 Å². The van der Waals surface area contributed by atoms with Gasteiger partial charge >= 0.3 is 0 Å². The van der Waals surface area contributed by atoms with Crippen LogP contribution >= 0.6 is 11.6 Å². The number of carbonyl (C=O) groups excluding carboxylic acids is 1. The first-order valence-corrected chi connectivity index (χ1v) is 11.6. The monoisotopic (exact) mass is 458 g/mol. The number of aryl methyl sites for hydroxylation is 1. The minimum atomic E-state index is -3.79. The topological polar surface area (TPSA) is 84.5 Å². The van der Waals surface area contributed by atoms with Gasteiger partial charge in [-0.25, -0.2) is 8.42 Å². The summed E-state index contributed by atoms with van der Waals surface area (Å²) in [5, 5.41) is 3.19. The zero-order valence-electron chi connectivity index (χ0n) is 17.1. The van der Waals surface area contributed by atoms with Crippen LogP contribution < -0.4 is 14.8 Å². The van der Waals surface area contributed by atoms with Crippen molar-refractivity contribution in [3.05, 3.63) is 83.4 Å². The minimum absolute atomic E-state index is 0.0635. The molecule has 0 aliphatic rings. The van der Waals surface area contributed by atoms with Crippen molar-refractivity contribution in [2.45, 2.75) is 31.3 Å². The Balaban J connectivity index is 1.67. The number of sulfonamides is 1. The molecule has 0 unspecified atom stereocenters. The normalized spacial score (nSPS) is 12.1. The highest BCUT2D eigenvalue weighted by atomic mass is 35.5. The number of halogens is 1. The van der Waals surface area contributed by atoms with Crippen molar-refractivity contribution >= 4 is 38.9 Å². The van der Waals surface area contributed by atoms with E-state index < -0.39 is 16.1 Å². The van der Waals surface area contributed by atoms with Crippen LogP contribution in [0.5, 0.6) is 5.75 Å². The summed E-state index contributed by atoms with van der Waals surface area (Å²) >= 11 is 5.90. The summed E-state index contributed by atoms with van der Waals surface area (Å²) in [5.41, 5.74) is 1.87. The molecule has 3 aromatic carbocycles. The van der Waals surface area contributed by atoms with Gasteiger partial charge in [0.15, 0.2) is 6.10 Å². The van der Waals surface area contributed by atoms with Crippen LogP contribution in [0.25, 0.3) is 0 Å². The summed E-state index contributed by atoms with van der Waals surface area (Å²) < 4.78 is 33.4. The Morgan fingerprint density at radius 2 is 1.71 bits per heavy atom. The van der Waals surface area contributed by atoms with E-state index in [9.17, 15) is 13.2 Å². The third-order valence-electron chi connectivity index (χ3n) is 4.44. The molecular formula is C23H23ClN2O4S. The Kier molecular flexibility index (Phi) is 7.20. The first-order valence-electron chi connectivity index (χ1n) is 9.69. The van der Waals surface area contributed by atoms with E-state index in [4.69, 9.17) is 16.3 Å². The molecular weight excluding hydrogens is 436 g/mol. The molecule has 0 saturated carbocycles. The maximum atomic E-state index is 12.6. The second kappa shape index (κ2) is 9.85. The van der Waals surface area contributed by atoms with Crippen LogP contribution in [-0.4, -0.2) is 20.4 Å². The number of hydrogen-bond donors (Lipinski definition) is 2. The third-order valence-corrected chi connectivity index (χ3v) is 6.07. The van der Waals surface area contributed by atoms with Gasteiger partial charge in [-0.15, -0.1) is 0 Å². The summed E-state index contributed by atoms with van der Waals surface area (Å²) in [6.45, 7) is 3.81. The lowest BCUT2D eigenvalue weighted by Gasteiger charge is -2.18. The molecule has 0 heterocycles. The van der Waals surface area contributed by atoms with E-state index >= 15 is 0 Å². The number of hydrogen-bond acceptors (Lipinski definition) is 4. The van der Waals surface area contributed by atoms with Gasteiger partial charge in [-0.05, 0) is 73.5 Å². The summed E-state index contributed by atoms with van der Waals surface area (Å²) in [4.78, 5) is 12.7. The highest BCUT2D eigenvalue weighted by Crippen LogP contribution is 2.21. The molecule has 2 N–H and O–H groups in total. The second-order valence-corrected chi connectivity index (χ2v) is 9.08. The van der Waals surface area contributed by atoms with Crippen LogP contribution in [0.2, 0.25) is 5.02 Å². The number of benzene rings is 3. The molecule has 0 aliphatic carbocycles. The van der Waals surface area contributed by atoms with Gasteiger partial charge in [0.05, 0.1) is 10.6 Å². The summed E-state index contributed by atoms with van der Waals surface area (Å²) in [5.74, 6) is 0.312. The fraction of sp³-hybridized carbons (Fsp3) is 0.174. The van der Waals surface area contributed by atoms with Crippen LogP contribution in [0.4, 0.5) is 11.4 Å². The summed E-state index contributed by atoms with van der Waals surface area (Å²) in [6, 6.07) is 19.8. The van der Waals surface area contributed by atoms with Crippen molar-refractivity contribution in [2.75, 3.05) is 10.0 Å². The van der Waals surface area contributed by atoms with E-state index in [0.717, 1.165) is 5.56 Å². The molecule has 0 aromatic heterocycles. The van der Waals surface area contributed by atoms with Crippen molar-refractivity contribution in [1.29, 1.82) is 0 Å². The first kappa shape index (κ1) is 22.7. The molecule has 3 aromatic rings. The predicted molar refractivity (Wildman–Crippen MR) is 123 cm³/mol. The lowest BCUT2D eigenvalue weighted by molar-refractivity contribution is -0.122. The molecule has 1 amide bonds. The number of ether oxygens (including phenoxy) is 1. The third kappa shape index (κ3) is 6.23. The molecule has 3 rings (SSSR count). The molecule has 6 nitrogen and oxygen atoms in total. The maximum Gasteiger partial charge on any atom is 0.265 e. The minimum Gasteiger partial charge on any atom is -0.481 e. The van der Waals surface area contributed by atoms with Gasteiger partial charge < -0.3 is 10.1 Å². The Hall–Kier alpha value is -3.03. The SMILES string of the molecule is CC[C@H](Oc1cccc(C)c1)C(=O)Nc1ccc(S(=O)(=O)Nc2cccc(Cl)c2)cc1. The van der Waals surface area contributed by atoms with Crippen molar-refractivity contribution in [1.82, 2.24) is 0 Å². The molecule has 0 radical (unpaired) electrons. The second-order valence-electron chi connectivity index (χ2n) is 6.96. The van der Waals surface area contributed by atoms with E-state index in [1.165, 1.54) is 30.3 Å². The predicted octanol–water partition coefficient (Wildman–Crippen LogP) is 5.25. The van der Waals surface area contributed by atoms with Crippen LogP contribution in [0.1, 0.15) is 18.9 Å². The number of nitrogens with one attached hydrogen (secondary N) is 2. The molecule has 0 saturated heterocycles. The van der Waals surface area contributed by atoms with E-state index in [-0.39, 0.29) is 10.8 Å². The lowest BCUT2D eigenvalue weighted by atomic mass is 10.2. The van der Waals surface area contributed by atoms with Crippen molar-refractivity contribution < 1.29 is 17.9 Å². The highest BCUT2D eigenvalue weighted by molar-refractivity contribution is 7.92. The average Bonchev–Trinajstić information content (AvgIpc) is 2.72. The number of anilines is 2. The Morgan fingerprint density at radius 1 is 1.00 bits per heavy atom. The van der Waals surface area contributed by atoms with Gasteiger partial charge in [-0.1, -0.05) is 36.7 Å². The van der Waals surface area contributed by atoms with Crippen LogP contribution in [0.3, 0.4) is 0 Å². The van der Waals surface area contributed by atoms with E-state index in [0.29, 0.717) is 28.6 Å². The van der Waals surface area contributed by atoms with Gasteiger partial charge in [0.1, 0.15) is 5.75 Å². The number of rotatable bonds is 8. The van der Waals surface area contributed by atoms with Gasteiger partial charge in [-0.3, -0.25) is 9.52 Å². The maximum absolute atomic E-state index is 12.6. The Bertz CT molecular complexity index is 1160. The molecule has 31 heavy (non-hydrogen) atoms. The van der Waals surface area contributed by atoms with Gasteiger partial charge in [-0.2, -0.15) is 0 Å². The van der Waals surface area contributed by atoms with Crippen molar-refractivity contribution in [3.63, 3.8) is 0 Å². The van der Waals surface area contributed by atoms with Gasteiger partial charge in [0.2, 0.25) is 0 Å². The summed E-state index contributed by atoms with van der Waals surface area (Å²) in [7, 11) is -3.79. The highest BCUT2D eigenvalue weighted by Gasteiger charge is 2.19. The first-order chi connectivity index (χ1) is 14.8. The average molecular weight is 459 g/mol. The molecule has 8 heteroatoms. The number of amides is 1. The molecule has 0 bridgehead atoms. The van der Waals surface area contributed by atoms with Crippen molar-refractivity contribution in [3.8, 4) is 5.75 Å². The lowest BCUT2D eigenvalue weighted by Crippen LogP contribution is -2.32. The van der Waals surface area contributed by atoms with Gasteiger partial charge in [0.25, 0.3) is 15.9 Å². The summed E-state index contributed by atoms with van der Waals surface area (Å²) in [6.07, 6.45) is -0.190. The molecule has 0 fully saturated rings. The molecule has 0 spiro atoms. The Labute approximate surface area is 187 Å². The van der Waals surface area contributed by atoms with Gasteiger partial charge in [0, 0.05) is 10.7 Å². The largest absolute Gasteiger partial charge is 0.481 e. The number of carbonyl (C=O) groups is 1. The van der Waals surface area contributed by atoms with Crippen molar-refractivity contribution in [2.24, 2.45) is 0 Å². The zero-order valence-corrected chi connectivity index (χ0v) is 18.7. The van der Waals surface area contributed by atoms with E-state index in [1.807, 2.05) is 32.0 Å². The van der Waals surface area contributed by atoms with Crippen LogP contribution in [0.15, 0.2) is 77.7 Å². The standard InChI is InChI=1S/C23H23ClN2O4S/c1-3-22(30-20-9-4-6-16(2)14-20)23(27)25-18-10-12-21(13-11-18)31(28,29)26-19-8-5-7-17(24)15-19/h4-15,22,26H,3H2,1-2H3,(H,25,27)/t22-/m0/s1. The molecule has 0 aliphatic heterocycles. The van der Waals surface area contributed by atoms with E-state index in [1.54, 1.807) is 24.3 Å². The van der Waals surface area contributed by atoms with Crippen LogP contribution in [-0.2, 0) is 14.8 Å². The fourth-order valence-corrected chi connectivity index (χ4v) is 4.12. The fourth-order valence-electron chi connectivity index (χ4n) is 2.88. The quantitative estimate of drug-likeness (QED) is 0.483. The Morgan fingerprint density at radius 3 is 2.35 bits per heavy atom. The molecule has 1 atom stereocenters. The van der Waals surface area contributed by atoms with E-state index in [2.05, 4.69) is 10.0 Å². The smallest absolute Gasteiger partial charge is 0.265 e. The molecule has 162 valence electrons.